The zero-order chi connectivity index (χ0) is 22.0. The number of hydrogen-bond acceptors (Lipinski definition) is 4. The van der Waals surface area contributed by atoms with Crippen molar-refractivity contribution in [3.63, 3.8) is 0 Å². The molecule has 1 fully saturated rings. The molecular weight excluding hydrogens is 416 g/mol. The summed E-state index contributed by atoms with van der Waals surface area (Å²) in [6.45, 7) is 0.0679. The van der Waals surface area contributed by atoms with E-state index in [9.17, 15) is 9.59 Å². The van der Waals surface area contributed by atoms with Gasteiger partial charge < -0.3 is 14.8 Å². The predicted octanol–water partition coefficient (Wildman–Crippen LogP) is 4.35. The fraction of sp³-hybridized carbons (Fsp3) is 0.167. The van der Waals surface area contributed by atoms with E-state index in [1.165, 1.54) is 4.90 Å². The molecule has 1 heterocycles. The molecule has 3 aromatic rings. The maximum atomic E-state index is 13.8. The van der Waals surface area contributed by atoms with E-state index in [-0.39, 0.29) is 12.5 Å². The van der Waals surface area contributed by atoms with Gasteiger partial charge in [0.05, 0.1) is 20.8 Å². The van der Waals surface area contributed by atoms with Crippen molar-refractivity contribution in [2.45, 2.75) is 12.1 Å². The first-order chi connectivity index (χ1) is 15.0. The molecule has 158 valence electrons. The van der Waals surface area contributed by atoms with Crippen molar-refractivity contribution in [3.05, 3.63) is 94.5 Å². The molecule has 1 aliphatic rings. The van der Waals surface area contributed by atoms with Gasteiger partial charge in [-0.05, 0) is 47.0 Å². The van der Waals surface area contributed by atoms with Crippen LogP contribution in [0.3, 0.4) is 0 Å². The van der Waals surface area contributed by atoms with Crippen LogP contribution in [0.2, 0.25) is 5.02 Å². The van der Waals surface area contributed by atoms with Crippen LogP contribution in [0.1, 0.15) is 16.7 Å². The lowest BCUT2D eigenvalue weighted by molar-refractivity contribution is -0.130. The lowest BCUT2D eigenvalue weighted by atomic mass is 9.82. The first-order valence-electron chi connectivity index (χ1n) is 9.66. The number of methoxy groups -OCH3 is 2. The molecule has 7 heteroatoms. The maximum absolute atomic E-state index is 13.8. The van der Waals surface area contributed by atoms with Crippen LogP contribution >= 0.6 is 11.6 Å². The molecule has 31 heavy (non-hydrogen) atoms. The van der Waals surface area contributed by atoms with Crippen LogP contribution in [-0.2, 0) is 16.9 Å². The summed E-state index contributed by atoms with van der Waals surface area (Å²) < 4.78 is 10.5. The first-order valence-corrected chi connectivity index (χ1v) is 10.0. The van der Waals surface area contributed by atoms with Crippen molar-refractivity contribution < 1.29 is 19.1 Å². The Morgan fingerprint density at radius 1 is 0.839 bits per heavy atom. The van der Waals surface area contributed by atoms with Crippen LogP contribution in [0.4, 0.5) is 4.79 Å². The molecule has 0 atom stereocenters. The Bertz CT molecular complexity index is 1070. The van der Waals surface area contributed by atoms with E-state index in [0.29, 0.717) is 33.2 Å². The molecular formula is C24H21ClN2O4. The van der Waals surface area contributed by atoms with Crippen LogP contribution < -0.4 is 14.8 Å². The number of carbonyl (C=O) groups excluding carboxylic acids is 2. The van der Waals surface area contributed by atoms with Crippen LogP contribution in [0.5, 0.6) is 11.5 Å². The number of carbonyl (C=O) groups is 2. The van der Waals surface area contributed by atoms with Crippen LogP contribution in [0, 0.1) is 0 Å². The number of halogens is 1. The number of urea groups is 1. The predicted molar refractivity (Wildman–Crippen MR) is 117 cm³/mol. The Balaban J connectivity index is 1.81. The summed E-state index contributed by atoms with van der Waals surface area (Å²) in [5, 5.41) is 3.42. The number of imide groups is 1. The van der Waals surface area contributed by atoms with Crippen molar-refractivity contribution >= 4 is 23.5 Å². The van der Waals surface area contributed by atoms with E-state index in [4.69, 9.17) is 21.1 Å². The Morgan fingerprint density at radius 3 is 1.84 bits per heavy atom. The monoisotopic (exact) mass is 436 g/mol. The summed E-state index contributed by atoms with van der Waals surface area (Å²) in [5.41, 5.74) is 0.557. The second-order valence-corrected chi connectivity index (χ2v) is 7.53. The quantitative estimate of drug-likeness (QED) is 0.583. The van der Waals surface area contributed by atoms with E-state index < -0.39 is 11.6 Å². The molecule has 4 rings (SSSR count). The van der Waals surface area contributed by atoms with E-state index in [1.807, 2.05) is 6.07 Å². The molecule has 0 radical (unpaired) electrons. The van der Waals surface area contributed by atoms with Crippen LogP contribution in [-0.4, -0.2) is 31.1 Å². The average Bonchev–Trinajstić information content (AvgIpc) is 3.06. The van der Waals surface area contributed by atoms with Crippen LogP contribution in [0.15, 0.2) is 72.8 Å². The minimum absolute atomic E-state index is 0.0679. The first kappa shape index (κ1) is 20.8. The fourth-order valence-electron chi connectivity index (χ4n) is 3.76. The normalized spacial score (nSPS) is 15.0. The smallest absolute Gasteiger partial charge is 0.325 e. The van der Waals surface area contributed by atoms with Crippen molar-refractivity contribution in [1.29, 1.82) is 0 Å². The van der Waals surface area contributed by atoms with Crippen molar-refractivity contribution in [2.24, 2.45) is 0 Å². The number of hydrogen-bond donors (Lipinski definition) is 1. The van der Waals surface area contributed by atoms with Gasteiger partial charge in [0.25, 0.3) is 5.91 Å². The van der Waals surface area contributed by atoms with E-state index in [0.717, 1.165) is 0 Å². The molecule has 0 unspecified atom stereocenters. The molecule has 0 saturated carbocycles. The highest BCUT2D eigenvalue weighted by atomic mass is 35.5. The third-order valence-electron chi connectivity index (χ3n) is 5.44. The molecule has 0 spiro atoms. The highest BCUT2D eigenvalue weighted by Crippen LogP contribution is 2.38. The van der Waals surface area contributed by atoms with Gasteiger partial charge in [0, 0.05) is 5.02 Å². The molecule has 6 nitrogen and oxygen atoms in total. The van der Waals surface area contributed by atoms with Gasteiger partial charge in [0.2, 0.25) is 0 Å². The zero-order valence-electron chi connectivity index (χ0n) is 17.1. The Kier molecular flexibility index (Phi) is 5.57. The molecule has 1 saturated heterocycles. The Labute approximate surface area is 185 Å². The minimum Gasteiger partial charge on any atom is -0.497 e. The zero-order valence-corrected chi connectivity index (χ0v) is 17.8. The summed E-state index contributed by atoms with van der Waals surface area (Å²) in [6.07, 6.45) is 0. The Morgan fingerprint density at radius 2 is 1.35 bits per heavy atom. The summed E-state index contributed by atoms with van der Waals surface area (Å²) in [5.74, 6) is 0.921. The van der Waals surface area contributed by atoms with Crippen molar-refractivity contribution in [3.8, 4) is 11.5 Å². The lowest BCUT2D eigenvalue weighted by Gasteiger charge is -2.28. The van der Waals surface area contributed by atoms with Crippen molar-refractivity contribution in [2.75, 3.05) is 14.2 Å². The van der Waals surface area contributed by atoms with Crippen molar-refractivity contribution in [1.82, 2.24) is 10.2 Å². The molecule has 1 aliphatic heterocycles. The average molecular weight is 437 g/mol. The summed E-state index contributed by atoms with van der Waals surface area (Å²) in [4.78, 5) is 28.0. The largest absolute Gasteiger partial charge is 0.497 e. The van der Waals surface area contributed by atoms with Crippen LogP contribution in [0.25, 0.3) is 0 Å². The molecule has 3 amide bonds. The van der Waals surface area contributed by atoms with E-state index in [2.05, 4.69) is 5.32 Å². The minimum atomic E-state index is -1.38. The molecule has 1 N–H and O–H groups in total. The maximum Gasteiger partial charge on any atom is 0.325 e. The highest BCUT2D eigenvalue weighted by Gasteiger charge is 2.53. The van der Waals surface area contributed by atoms with Gasteiger partial charge >= 0.3 is 6.03 Å². The second kappa shape index (κ2) is 8.32. The molecule has 3 aromatic carbocycles. The number of rotatable bonds is 6. The Hall–Kier alpha value is -3.51. The van der Waals surface area contributed by atoms with E-state index >= 15 is 0 Å². The molecule has 0 bridgehead atoms. The van der Waals surface area contributed by atoms with Gasteiger partial charge in [-0.1, -0.05) is 54.1 Å². The molecule has 0 aliphatic carbocycles. The number of ether oxygens (including phenoxy) is 2. The number of nitrogens with one attached hydrogen (secondary N) is 1. The SMILES string of the molecule is COc1ccc(C2(c3ccc(OC)cc3)NC(=O)N(Cc3ccccc3Cl)C2=O)cc1. The summed E-state index contributed by atoms with van der Waals surface area (Å²) in [7, 11) is 3.14. The van der Waals surface area contributed by atoms with Gasteiger partial charge in [-0.3, -0.25) is 9.69 Å². The van der Waals surface area contributed by atoms with Gasteiger partial charge in [-0.2, -0.15) is 0 Å². The standard InChI is InChI=1S/C24H21ClN2O4/c1-30-19-11-7-17(8-12-19)24(18-9-13-20(31-2)14-10-18)22(28)27(23(29)26-24)15-16-5-3-4-6-21(16)25/h3-14H,15H2,1-2H3,(H,26,29). The molecule has 0 aromatic heterocycles. The third kappa shape index (κ3) is 3.59. The highest BCUT2D eigenvalue weighted by molar-refractivity contribution is 6.31. The van der Waals surface area contributed by atoms with Gasteiger partial charge in [-0.25, -0.2) is 4.79 Å². The number of benzene rings is 3. The third-order valence-corrected chi connectivity index (χ3v) is 5.81. The van der Waals surface area contributed by atoms with Gasteiger partial charge in [0.1, 0.15) is 11.5 Å². The van der Waals surface area contributed by atoms with E-state index in [1.54, 1.807) is 80.9 Å². The number of nitrogens with zero attached hydrogens (tertiary/aromatic N) is 1. The van der Waals surface area contributed by atoms with Gasteiger partial charge in [0.15, 0.2) is 5.54 Å². The fourth-order valence-corrected chi connectivity index (χ4v) is 3.95. The summed E-state index contributed by atoms with van der Waals surface area (Å²) >= 11 is 6.27. The number of amides is 3. The lowest BCUT2D eigenvalue weighted by Crippen LogP contribution is -2.45. The topological polar surface area (TPSA) is 67.9 Å². The second-order valence-electron chi connectivity index (χ2n) is 7.12. The summed E-state index contributed by atoms with van der Waals surface area (Å²) in [6, 6.07) is 20.8. The van der Waals surface area contributed by atoms with Gasteiger partial charge in [-0.15, -0.1) is 0 Å².